The molecule has 3 heteroatoms. The topological polar surface area (TPSA) is 41.1 Å². The van der Waals surface area contributed by atoms with Gasteiger partial charge in [0.25, 0.3) is 0 Å². The molecule has 3 nitrogen and oxygen atoms in total. The highest BCUT2D eigenvalue weighted by Crippen LogP contribution is 2.38. The van der Waals surface area contributed by atoms with Gasteiger partial charge in [-0.3, -0.25) is 4.79 Å². The number of fused-ring (bicyclic) bond motifs is 1. The van der Waals surface area contributed by atoms with Gasteiger partial charge in [0.05, 0.1) is 0 Å². The van der Waals surface area contributed by atoms with Crippen LogP contribution in [0.15, 0.2) is 12.1 Å². The molecule has 1 aromatic carbocycles. The molecule has 1 aromatic rings. The first-order valence-corrected chi connectivity index (χ1v) is 10.4. The van der Waals surface area contributed by atoms with Crippen LogP contribution < -0.4 is 10.6 Å². The van der Waals surface area contributed by atoms with Gasteiger partial charge in [-0.2, -0.15) is 0 Å². The number of carbonyl (C=O) groups excluding carboxylic acids is 1. The Kier molecular flexibility index (Phi) is 5.76. The van der Waals surface area contributed by atoms with Crippen LogP contribution in [0.4, 0.5) is 5.69 Å². The van der Waals surface area contributed by atoms with Gasteiger partial charge in [0.15, 0.2) is 0 Å². The number of hydrogen-bond donors (Lipinski definition) is 2. The van der Waals surface area contributed by atoms with Crippen LogP contribution in [-0.4, -0.2) is 18.5 Å². The van der Waals surface area contributed by atoms with Crippen molar-refractivity contribution in [2.24, 2.45) is 11.3 Å². The van der Waals surface area contributed by atoms with E-state index >= 15 is 0 Å². The molecule has 0 radical (unpaired) electrons. The van der Waals surface area contributed by atoms with E-state index in [9.17, 15) is 4.79 Å². The van der Waals surface area contributed by atoms with Gasteiger partial charge in [0.1, 0.15) is 0 Å². The van der Waals surface area contributed by atoms with Crippen molar-refractivity contribution in [2.45, 2.75) is 85.1 Å². The van der Waals surface area contributed by atoms with Gasteiger partial charge in [0, 0.05) is 24.7 Å². The molecule has 0 aromatic heterocycles. The highest BCUT2D eigenvalue weighted by molar-refractivity contribution is 5.92. The van der Waals surface area contributed by atoms with Gasteiger partial charge in [-0.15, -0.1) is 0 Å². The van der Waals surface area contributed by atoms with E-state index in [0.29, 0.717) is 12.3 Å². The van der Waals surface area contributed by atoms with Crippen molar-refractivity contribution >= 4 is 11.6 Å². The third kappa shape index (κ3) is 4.68. The molecule has 1 aliphatic carbocycles. The van der Waals surface area contributed by atoms with Gasteiger partial charge in [0.2, 0.25) is 5.91 Å². The molecule has 2 aliphatic rings. The predicted molar refractivity (Wildman–Crippen MR) is 110 cm³/mol. The van der Waals surface area contributed by atoms with E-state index in [-0.39, 0.29) is 11.3 Å². The Bertz CT molecular complexity index is 636. The van der Waals surface area contributed by atoms with E-state index in [0.717, 1.165) is 24.2 Å². The SMILES string of the molecule is Cc1cc(C2CNC3CCCCC3C2)cc(C)c1NC(=O)CC(C)(C)C. The van der Waals surface area contributed by atoms with Gasteiger partial charge < -0.3 is 10.6 Å². The van der Waals surface area contributed by atoms with Crippen molar-refractivity contribution in [1.29, 1.82) is 0 Å². The number of rotatable bonds is 3. The number of carbonyl (C=O) groups is 1. The largest absolute Gasteiger partial charge is 0.326 e. The molecular weight excluding hydrogens is 320 g/mol. The van der Waals surface area contributed by atoms with Crippen LogP contribution >= 0.6 is 0 Å². The monoisotopic (exact) mass is 356 g/mol. The second kappa shape index (κ2) is 7.72. The van der Waals surface area contributed by atoms with Gasteiger partial charge in [-0.25, -0.2) is 0 Å². The molecule has 1 amide bonds. The van der Waals surface area contributed by atoms with Crippen molar-refractivity contribution < 1.29 is 4.79 Å². The standard InChI is InChI=1S/C23H36N2O/c1-15-10-18(19-12-17-8-6-7-9-20(17)24-14-19)11-16(2)22(15)25-21(26)13-23(3,4)5/h10-11,17,19-20,24H,6-9,12-14H2,1-5H3,(H,25,26). The summed E-state index contributed by atoms with van der Waals surface area (Å²) in [5, 5.41) is 6.97. The van der Waals surface area contributed by atoms with Crippen LogP contribution in [0.3, 0.4) is 0 Å². The van der Waals surface area contributed by atoms with Crippen LogP contribution in [0.1, 0.15) is 81.9 Å². The highest BCUT2D eigenvalue weighted by atomic mass is 16.1. The zero-order valence-electron chi connectivity index (χ0n) is 17.2. The summed E-state index contributed by atoms with van der Waals surface area (Å²) in [6, 6.07) is 5.35. The maximum atomic E-state index is 12.4. The minimum atomic E-state index is 0.0101. The molecule has 3 unspecified atom stereocenters. The average molecular weight is 357 g/mol. The molecule has 1 saturated heterocycles. The summed E-state index contributed by atoms with van der Waals surface area (Å²) in [5.74, 6) is 1.56. The second-order valence-electron chi connectivity index (χ2n) is 9.81. The van der Waals surface area contributed by atoms with Crippen LogP contribution in [0, 0.1) is 25.2 Å². The first kappa shape index (κ1) is 19.4. The Balaban J connectivity index is 1.72. The van der Waals surface area contributed by atoms with E-state index in [1.807, 2.05) is 0 Å². The van der Waals surface area contributed by atoms with Crippen molar-refractivity contribution in [1.82, 2.24) is 5.32 Å². The quantitative estimate of drug-likeness (QED) is 0.770. The van der Waals surface area contributed by atoms with Crippen molar-refractivity contribution in [3.63, 3.8) is 0 Å². The summed E-state index contributed by atoms with van der Waals surface area (Å²) in [5.41, 5.74) is 4.82. The van der Waals surface area contributed by atoms with E-state index < -0.39 is 0 Å². The Labute approximate surface area is 159 Å². The number of hydrogen-bond acceptors (Lipinski definition) is 2. The fourth-order valence-corrected chi connectivity index (χ4v) is 4.85. The highest BCUT2D eigenvalue weighted by Gasteiger charge is 2.32. The molecule has 0 spiro atoms. The molecule has 0 bridgehead atoms. The minimum Gasteiger partial charge on any atom is -0.326 e. The number of benzene rings is 1. The minimum absolute atomic E-state index is 0.0101. The molecule has 1 saturated carbocycles. The van der Waals surface area contributed by atoms with Crippen LogP contribution in [-0.2, 0) is 4.79 Å². The molecular formula is C23H36N2O. The van der Waals surface area contributed by atoms with Crippen molar-refractivity contribution in [3.05, 3.63) is 28.8 Å². The van der Waals surface area contributed by atoms with E-state index in [1.165, 1.54) is 48.8 Å². The fourth-order valence-electron chi connectivity index (χ4n) is 4.85. The van der Waals surface area contributed by atoms with E-state index in [2.05, 4.69) is 57.4 Å². The molecule has 3 rings (SSSR count). The molecule has 144 valence electrons. The van der Waals surface area contributed by atoms with E-state index in [1.54, 1.807) is 0 Å². The molecule has 2 N–H and O–H groups in total. The Hall–Kier alpha value is -1.35. The number of anilines is 1. The summed E-state index contributed by atoms with van der Waals surface area (Å²) < 4.78 is 0. The Morgan fingerprint density at radius 1 is 1.15 bits per heavy atom. The fraction of sp³-hybridized carbons (Fsp3) is 0.696. The van der Waals surface area contributed by atoms with Gasteiger partial charge >= 0.3 is 0 Å². The summed E-state index contributed by atoms with van der Waals surface area (Å²) in [6.45, 7) is 11.7. The zero-order chi connectivity index (χ0) is 18.9. The summed E-state index contributed by atoms with van der Waals surface area (Å²) in [4.78, 5) is 12.4. The van der Waals surface area contributed by atoms with Crippen LogP contribution in [0.25, 0.3) is 0 Å². The van der Waals surface area contributed by atoms with Gasteiger partial charge in [-0.05, 0) is 67.1 Å². The van der Waals surface area contributed by atoms with Gasteiger partial charge in [-0.1, -0.05) is 45.7 Å². The second-order valence-corrected chi connectivity index (χ2v) is 9.81. The molecule has 3 atom stereocenters. The summed E-state index contributed by atoms with van der Waals surface area (Å²) in [7, 11) is 0. The molecule has 1 heterocycles. The first-order valence-electron chi connectivity index (χ1n) is 10.4. The normalized spacial score (nSPS) is 26.3. The average Bonchev–Trinajstić information content (AvgIpc) is 2.56. The number of nitrogens with one attached hydrogen (secondary N) is 2. The first-order chi connectivity index (χ1) is 12.2. The Morgan fingerprint density at radius 2 is 1.81 bits per heavy atom. The van der Waals surface area contributed by atoms with E-state index in [4.69, 9.17) is 0 Å². The number of piperidine rings is 1. The maximum absolute atomic E-state index is 12.4. The molecule has 2 fully saturated rings. The number of amides is 1. The van der Waals surface area contributed by atoms with Crippen molar-refractivity contribution in [2.75, 3.05) is 11.9 Å². The maximum Gasteiger partial charge on any atom is 0.224 e. The van der Waals surface area contributed by atoms with Crippen LogP contribution in [0.5, 0.6) is 0 Å². The lowest BCUT2D eigenvalue weighted by molar-refractivity contribution is -0.117. The smallest absolute Gasteiger partial charge is 0.224 e. The summed E-state index contributed by atoms with van der Waals surface area (Å²) >= 11 is 0. The van der Waals surface area contributed by atoms with Crippen LogP contribution in [0.2, 0.25) is 0 Å². The Morgan fingerprint density at radius 3 is 2.46 bits per heavy atom. The summed E-state index contributed by atoms with van der Waals surface area (Å²) in [6.07, 6.45) is 7.38. The third-order valence-electron chi connectivity index (χ3n) is 6.10. The lowest BCUT2D eigenvalue weighted by atomic mass is 9.74. The predicted octanol–water partition coefficient (Wildman–Crippen LogP) is 5.31. The lowest BCUT2D eigenvalue weighted by Crippen LogP contribution is -2.46. The van der Waals surface area contributed by atoms with Crippen molar-refractivity contribution in [3.8, 4) is 0 Å². The zero-order valence-corrected chi connectivity index (χ0v) is 17.2. The number of aryl methyl sites for hydroxylation is 2. The third-order valence-corrected chi connectivity index (χ3v) is 6.10. The molecule has 1 aliphatic heterocycles. The molecule has 26 heavy (non-hydrogen) atoms. The lowest BCUT2D eigenvalue weighted by Gasteiger charge is -2.40.